The number of amides is 1. The fraction of sp³-hybridized carbons (Fsp3) is 0.120. The Morgan fingerprint density at radius 3 is 2.63 bits per heavy atom. The SMILES string of the molecule is N#Cc1c(Nc2ccc(C(=O)NC3CCOC3=O)cc2)sc(C(=O)c2coc3ccccc23)c1N. The molecule has 10 heteroatoms. The van der Waals surface area contributed by atoms with E-state index in [2.05, 4.69) is 16.7 Å². The number of nitrogens with one attached hydrogen (secondary N) is 2. The van der Waals surface area contributed by atoms with Gasteiger partial charge in [-0.05, 0) is 30.3 Å². The van der Waals surface area contributed by atoms with E-state index in [1.165, 1.54) is 6.26 Å². The molecule has 4 aromatic rings. The molecule has 2 aromatic carbocycles. The van der Waals surface area contributed by atoms with E-state index in [0.717, 1.165) is 11.3 Å². The van der Waals surface area contributed by atoms with Crippen molar-refractivity contribution in [3.05, 3.63) is 76.4 Å². The first kappa shape index (κ1) is 22.2. The topological polar surface area (TPSA) is 147 Å². The number of nitrogens with zero attached hydrogens (tertiary/aromatic N) is 1. The van der Waals surface area contributed by atoms with Gasteiger partial charge in [-0.2, -0.15) is 5.26 Å². The molecule has 0 aliphatic carbocycles. The van der Waals surface area contributed by atoms with Gasteiger partial charge < -0.3 is 25.5 Å². The summed E-state index contributed by atoms with van der Waals surface area (Å²) in [5.74, 6) is -1.16. The summed E-state index contributed by atoms with van der Waals surface area (Å²) in [4.78, 5) is 37.4. The molecule has 9 nitrogen and oxygen atoms in total. The van der Waals surface area contributed by atoms with Gasteiger partial charge in [0.2, 0.25) is 5.78 Å². The number of carbonyl (C=O) groups is 3. The molecular weight excluding hydrogens is 468 g/mol. The first-order valence-corrected chi connectivity index (χ1v) is 11.5. The quantitative estimate of drug-likeness (QED) is 0.274. The number of cyclic esters (lactones) is 1. The number of ketones is 1. The zero-order chi connectivity index (χ0) is 24.5. The number of carbonyl (C=O) groups excluding carboxylic acids is 3. The molecule has 5 rings (SSSR count). The highest BCUT2D eigenvalue weighted by molar-refractivity contribution is 7.19. The second-order valence-electron chi connectivity index (χ2n) is 7.82. The van der Waals surface area contributed by atoms with Crippen molar-refractivity contribution in [3.8, 4) is 6.07 Å². The summed E-state index contributed by atoms with van der Waals surface area (Å²) in [6, 6.07) is 15.1. The Kier molecular flexibility index (Phi) is 5.68. The van der Waals surface area contributed by atoms with E-state index in [-0.39, 0.29) is 21.9 Å². The van der Waals surface area contributed by atoms with Crippen LogP contribution < -0.4 is 16.4 Å². The molecule has 0 saturated carbocycles. The molecule has 1 saturated heterocycles. The highest BCUT2D eigenvalue weighted by Gasteiger charge is 2.28. The summed E-state index contributed by atoms with van der Waals surface area (Å²) in [7, 11) is 0. The van der Waals surface area contributed by atoms with E-state index in [9.17, 15) is 19.6 Å². The summed E-state index contributed by atoms with van der Waals surface area (Å²) < 4.78 is 10.3. The van der Waals surface area contributed by atoms with Gasteiger partial charge in [-0.1, -0.05) is 18.2 Å². The predicted molar refractivity (Wildman–Crippen MR) is 130 cm³/mol. The van der Waals surface area contributed by atoms with Gasteiger partial charge in [0, 0.05) is 23.1 Å². The van der Waals surface area contributed by atoms with Crippen LogP contribution in [0.1, 0.15) is 37.6 Å². The van der Waals surface area contributed by atoms with Crippen LogP contribution in [0.4, 0.5) is 16.4 Å². The predicted octanol–water partition coefficient (Wildman–Crippen LogP) is 3.97. The number of nitriles is 1. The molecule has 3 heterocycles. The average Bonchev–Trinajstić information content (AvgIpc) is 3.56. The van der Waals surface area contributed by atoms with Gasteiger partial charge in [0.05, 0.1) is 17.9 Å². The molecule has 0 spiro atoms. The lowest BCUT2D eigenvalue weighted by Crippen LogP contribution is -2.37. The van der Waals surface area contributed by atoms with Crippen molar-refractivity contribution in [1.82, 2.24) is 5.32 Å². The van der Waals surface area contributed by atoms with E-state index in [1.807, 2.05) is 12.1 Å². The Hall–Kier alpha value is -4.62. The van der Waals surface area contributed by atoms with Crippen LogP contribution >= 0.6 is 11.3 Å². The first-order chi connectivity index (χ1) is 17.0. The molecule has 1 unspecified atom stereocenters. The van der Waals surface area contributed by atoms with Crippen LogP contribution in [0.25, 0.3) is 11.0 Å². The Morgan fingerprint density at radius 1 is 1.14 bits per heavy atom. The fourth-order valence-corrected chi connectivity index (χ4v) is 4.84. The molecule has 1 aliphatic rings. The van der Waals surface area contributed by atoms with Crippen LogP contribution in [0.15, 0.2) is 59.2 Å². The normalized spacial score (nSPS) is 14.9. The average molecular weight is 487 g/mol. The van der Waals surface area contributed by atoms with Gasteiger partial charge in [0.15, 0.2) is 0 Å². The summed E-state index contributed by atoms with van der Waals surface area (Å²) in [5.41, 5.74) is 8.33. The molecule has 1 fully saturated rings. The lowest BCUT2D eigenvalue weighted by Gasteiger charge is -2.10. The number of esters is 1. The molecule has 174 valence electrons. The molecule has 1 amide bonds. The highest BCUT2D eigenvalue weighted by Crippen LogP contribution is 2.39. The summed E-state index contributed by atoms with van der Waals surface area (Å²) >= 11 is 1.07. The third kappa shape index (κ3) is 4.09. The van der Waals surface area contributed by atoms with Gasteiger partial charge in [-0.15, -0.1) is 11.3 Å². The molecule has 1 aliphatic heterocycles. The minimum atomic E-state index is -0.643. The Morgan fingerprint density at radius 2 is 1.91 bits per heavy atom. The van der Waals surface area contributed by atoms with Crippen LogP contribution in [0, 0.1) is 11.3 Å². The number of hydrogen-bond acceptors (Lipinski definition) is 9. The third-order valence-electron chi connectivity index (χ3n) is 5.63. The monoisotopic (exact) mass is 486 g/mol. The zero-order valence-electron chi connectivity index (χ0n) is 18.2. The van der Waals surface area contributed by atoms with Gasteiger partial charge in [-0.3, -0.25) is 9.59 Å². The van der Waals surface area contributed by atoms with E-state index in [1.54, 1.807) is 36.4 Å². The molecule has 2 aromatic heterocycles. The maximum atomic E-state index is 13.2. The minimum Gasteiger partial charge on any atom is -0.464 e. The smallest absolute Gasteiger partial charge is 0.328 e. The number of nitrogens with two attached hydrogens (primary N) is 1. The number of hydrogen-bond donors (Lipinski definition) is 3. The van der Waals surface area contributed by atoms with Gasteiger partial charge in [0.25, 0.3) is 5.91 Å². The number of anilines is 3. The standard InChI is InChI=1S/C25H18N4O5S/c26-11-16-20(27)22(21(30)17-12-34-19-4-2-1-3-15(17)19)35-24(16)28-14-7-5-13(6-8-14)23(31)29-18-9-10-33-25(18)32/h1-8,12,18,28H,9-10,27H2,(H,29,31). The fourth-order valence-electron chi connectivity index (χ4n) is 3.79. The van der Waals surface area contributed by atoms with Gasteiger partial charge in [-0.25, -0.2) is 4.79 Å². The molecule has 35 heavy (non-hydrogen) atoms. The number of furan rings is 1. The maximum Gasteiger partial charge on any atom is 0.328 e. The van der Waals surface area contributed by atoms with Gasteiger partial charge >= 0.3 is 5.97 Å². The second-order valence-corrected chi connectivity index (χ2v) is 8.84. The van der Waals surface area contributed by atoms with Crippen molar-refractivity contribution >= 4 is 56.3 Å². The number of thiophene rings is 1. The van der Waals surface area contributed by atoms with E-state index in [4.69, 9.17) is 14.9 Å². The largest absolute Gasteiger partial charge is 0.464 e. The first-order valence-electron chi connectivity index (χ1n) is 10.6. The van der Waals surface area contributed by atoms with Crippen molar-refractivity contribution in [2.24, 2.45) is 0 Å². The van der Waals surface area contributed by atoms with E-state index < -0.39 is 17.9 Å². The zero-order valence-corrected chi connectivity index (χ0v) is 19.0. The Balaban J connectivity index is 1.36. The van der Waals surface area contributed by atoms with Crippen LogP contribution in [0.3, 0.4) is 0 Å². The van der Waals surface area contributed by atoms with Crippen LogP contribution in [0.2, 0.25) is 0 Å². The number of nitrogen functional groups attached to an aromatic ring is 1. The van der Waals surface area contributed by atoms with Crippen molar-refractivity contribution in [1.29, 1.82) is 5.26 Å². The Bertz CT molecular complexity index is 1510. The van der Waals surface area contributed by atoms with Gasteiger partial charge in [0.1, 0.15) is 39.4 Å². The number of ether oxygens (including phenoxy) is 1. The molecule has 1 atom stereocenters. The second kappa shape index (κ2) is 8.96. The number of benzene rings is 2. The molecule has 0 radical (unpaired) electrons. The van der Waals surface area contributed by atoms with Crippen LogP contribution in [-0.2, 0) is 9.53 Å². The lowest BCUT2D eigenvalue weighted by atomic mass is 10.1. The van der Waals surface area contributed by atoms with Crippen molar-refractivity contribution in [2.75, 3.05) is 17.7 Å². The summed E-state index contributed by atoms with van der Waals surface area (Å²) in [6.07, 6.45) is 1.83. The molecular formula is C25H18N4O5S. The van der Waals surface area contributed by atoms with E-state index in [0.29, 0.717) is 45.8 Å². The van der Waals surface area contributed by atoms with Crippen molar-refractivity contribution in [3.63, 3.8) is 0 Å². The molecule has 4 N–H and O–H groups in total. The summed E-state index contributed by atoms with van der Waals surface area (Å²) in [5, 5.41) is 16.5. The number of rotatable bonds is 6. The van der Waals surface area contributed by atoms with E-state index >= 15 is 0 Å². The third-order valence-corrected chi connectivity index (χ3v) is 6.75. The number of fused-ring (bicyclic) bond motifs is 1. The van der Waals surface area contributed by atoms with Crippen LogP contribution in [-0.4, -0.2) is 30.3 Å². The molecule has 0 bridgehead atoms. The highest BCUT2D eigenvalue weighted by atomic mass is 32.1. The Labute approximate surface area is 203 Å². The minimum absolute atomic E-state index is 0.0923. The summed E-state index contributed by atoms with van der Waals surface area (Å²) in [6.45, 7) is 0.291. The van der Waals surface area contributed by atoms with Crippen LogP contribution in [0.5, 0.6) is 0 Å². The lowest BCUT2D eigenvalue weighted by molar-refractivity contribution is -0.139. The van der Waals surface area contributed by atoms with Crippen molar-refractivity contribution in [2.45, 2.75) is 12.5 Å². The van der Waals surface area contributed by atoms with Crippen molar-refractivity contribution < 1.29 is 23.5 Å². The maximum absolute atomic E-state index is 13.2. The number of para-hydroxylation sites is 1.